The monoisotopic (exact) mass is 481 g/mol. The van der Waals surface area contributed by atoms with Crippen LogP contribution in [0.4, 0.5) is 23.9 Å². The van der Waals surface area contributed by atoms with E-state index in [1.54, 1.807) is 48.8 Å². The number of carbonyl (C=O) groups excluding carboxylic acids is 1. The highest BCUT2D eigenvalue weighted by Gasteiger charge is 2.31. The second-order valence-corrected chi connectivity index (χ2v) is 9.01. The summed E-state index contributed by atoms with van der Waals surface area (Å²) in [5.41, 5.74) is 2.58. The van der Waals surface area contributed by atoms with Gasteiger partial charge in [-0.15, -0.1) is 11.3 Å². The van der Waals surface area contributed by atoms with Crippen molar-refractivity contribution in [1.82, 2.24) is 4.98 Å². The number of aryl methyl sites for hydroxylation is 1. The van der Waals surface area contributed by atoms with Crippen molar-refractivity contribution in [2.24, 2.45) is 0 Å². The minimum Gasteiger partial charge on any atom is -0.374 e. The van der Waals surface area contributed by atoms with Gasteiger partial charge in [-0.25, -0.2) is 0 Å². The van der Waals surface area contributed by atoms with E-state index in [4.69, 9.17) is 0 Å². The van der Waals surface area contributed by atoms with E-state index in [1.165, 1.54) is 17.4 Å². The van der Waals surface area contributed by atoms with Gasteiger partial charge >= 0.3 is 6.18 Å². The topological polar surface area (TPSA) is 54.0 Å². The summed E-state index contributed by atoms with van der Waals surface area (Å²) in [4.78, 5) is 18.1. The highest BCUT2D eigenvalue weighted by atomic mass is 32.1. The molecule has 1 amide bonds. The number of benzene rings is 2. The van der Waals surface area contributed by atoms with Crippen LogP contribution in [0.15, 0.2) is 79.1 Å². The van der Waals surface area contributed by atoms with E-state index in [1.807, 2.05) is 26.0 Å². The minimum atomic E-state index is -4.45. The number of halogens is 3. The van der Waals surface area contributed by atoms with Crippen molar-refractivity contribution in [3.8, 4) is 0 Å². The lowest BCUT2D eigenvalue weighted by molar-refractivity contribution is -0.137. The predicted molar refractivity (Wildman–Crippen MR) is 129 cm³/mol. The van der Waals surface area contributed by atoms with Crippen LogP contribution in [-0.2, 0) is 6.18 Å². The summed E-state index contributed by atoms with van der Waals surface area (Å²) in [6.45, 7) is 3.89. The molecule has 0 radical (unpaired) electrons. The van der Waals surface area contributed by atoms with Crippen molar-refractivity contribution in [2.45, 2.75) is 26.1 Å². The first kappa shape index (κ1) is 23.5. The average Bonchev–Trinajstić information content (AvgIpc) is 3.11. The van der Waals surface area contributed by atoms with Gasteiger partial charge in [-0.3, -0.25) is 9.78 Å². The Morgan fingerprint density at radius 1 is 1.00 bits per heavy atom. The zero-order valence-electron chi connectivity index (χ0n) is 18.5. The Labute approximate surface area is 199 Å². The number of alkyl halides is 3. The van der Waals surface area contributed by atoms with Gasteiger partial charge in [0.25, 0.3) is 5.91 Å². The lowest BCUT2D eigenvalue weighted by atomic mass is 9.97. The molecule has 0 spiro atoms. The quantitative estimate of drug-likeness (QED) is 0.305. The van der Waals surface area contributed by atoms with Crippen molar-refractivity contribution in [3.63, 3.8) is 0 Å². The van der Waals surface area contributed by atoms with Crippen LogP contribution in [0.2, 0.25) is 0 Å². The summed E-state index contributed by atoms with van der Waals surface area (Å²) in [6.07, 6.45) is -1.15. The van der Waals surface area contributed by atoms with Crippen LogP contribution in [0.5, 0.6) is 0 Å². The summed E-state index contributed by atoms with van der Waals surface area (Å²) in [5, 5.41) is 6.88. The fourth-order valence-corrected chi connectivity index (χ4v) is 4.76. The van der Waals surface area contributed by atoms with Gasteiger partial charge in [-0.1, -0.05) is 30.3 Å². The molecule has 8 heteroatoms. The maximum atomic E-state index is 13.3. The van der Waals surface area contributed by atoms with E-state index in [9.17, 15) is 18.0 Å². The molecular weight excluding hydrogens is 459 g/mol. The summed E-state index contributed by atoms with van der Waals surface area (Å²) in [7, 11) is 0. The van der Waals surface area contributed by atoms with Gasteiger partial charge in [0.05, 0.1) is 11.6 Å². The molecular formula is C26H22F3N3OS. The molecule has 2 aromatic heterocycles. The Balaban J connectivity index is 1.77. The molecule has 174 valence electrons. The SMILES string of the molecule is Cc1sc(NC(=O)c2ccccc2)c([C@@H](Nc2cccc(C(F)(F)F)c2)c2cccnc2)c1C. The molecule has 4 aromatic rings. The standard InChI is InChI=1S/C26H22F3N3OS/c1-16-17(2)34-25(32-24(33)18-8-4-3-5-9-18)22(16)23(19-10-7-13-30-15-19)31-21-12-6-11-20(14-21)26(27,28)29/h3-15,23,31H,1-2H3,(H,32,33)/t23-/m0/s1. The Kier molecular flexibility index (Phi) is 6.70. The fraction of sp³-hybridized carbons (Fsp3) is 0.154. The Hall–Kier alpha value is -3.65. The molecule has 0 aliphatic rings. The number of hydrogen-bond acceptors (Lipinski definition) is 4. The van der Waals surface area contributed by atoms with Crippen LogP contribution in [0, 0.1) is 13.8 Å². The number of amides is 1. The third kappa shape index (κ3) is 5.12. The van der Waals surface area contributed by atoms with Crippen molar-refractivity contribution in [1.29, 1.82) is 0 Å². The van der Waals surface area contributed by atoms with Gasteiger partial charge in [-0.05, 0) is 61.4 Å². The Bertz CT molecular complexity index is 1290. The van der Waals surface area contributed by atoms with Crippen molar-refractivity contribution >= 4 is 27.9 Å². The first-order chi connectivity index (χ1) is 16.2. The maximum absolute atomic E-state index is 13.3. The molecule has 2 heterocycles. The molecule has 0 unspecified atom stereocenters. The zero-order chi connectivity index (χ0) is 24.3. The molecule has 0 bridgehead atoms. The van der Waals surface area contributed by atoms with E-state index in [2.05, 4.69) is 15.6 Å². The zero-order valence-corrected chi connectivity index (χ0v) is 19.3. The van der Waals surface area contributed by atoms with Gasteiger partial charge in [0.2, 0.25) is 0 Å². The van der Waals surface area contributed by atoms with E-state index < -0.39 is 17.8 Å². The summed E-state index contributed by atoms with van der Waals surface area (Å²) >= 11 is 1.43. The molecule has 0 saturated heterocycles. The second kappa shape index (κ2) is 9.69. The number of rotatable bonds is 6. The number of aromatic nitrogens is 1. The first-order valence-electron chi connectivity index (χ1n) is 10.5. The first-order valence-corrected chi connectivity index (χ1v) is 11.4. The van der Waals surface area contributed by atoms with Crippen LogP contribution < -0.4 is 10.6 Å². The van der Waals surface area contributed by atoms with E-state index >= 15 is 0 Å². The molecule has 0 aliphatic heterocycles. The van der Waals surface area contributed by atoms with Crippen molar-refractivity contribution in [2.75, 3.05) is 10.6 Å². The molecule has 2 N–H and O–H groups in total. The Morgan fingerprint density at radius 3 is 2.44 bits per heavy atom. The molecule has 0 fully saturated rings. The third-order valence-corrected chi connectivity index (χ3v) is 6.64. The summed E-state index contributed by atoms with van der Waals surface area (Å²) < 4.78 is 39.9. The lowest BCUT2D eigenvalue weighted by Gasteiger charge is -2.23. The maximum Gasteiger partial charge on any atom is 0.416 e. The fourth-order valence-electron chi connectivity index (χ4n) is 3.67. The number of nitrogens with one attached hydrogen (secondary N) is 2. The number of hydrogen-bond donors (Lipinski definition) is 2. The molecule has 4 nitrogen and oxygen atoms in total. The van der Waals surface area contributed by atoms with E-state index in [-0.39, 0.29) is 5.91 Å². The average molecular weight is 482 g/mol. The van der Waals surface area contributed by atoms with Gasteiger partial charge in [0.1, 0.15) is 5.00 Å². The van der Waals surface area contributed by atoms with Gasteiger partial charge in [0, 0.05) is 34.1 Å². The number of anilines is 2. The Morgan fingerprint density at radius 2 is 1.76 bits per heavy atom. The highest BCUT2D eigenvalue weighted by molar-refractivity contribution is 7.16. The summed E-state index contributed by atoms with van der Waals surface area (Å²) in [6, 6.07) is 17.0. The van der Waals surface area contributed by atoms with E-state index in [0.717, 1.165) is 33.7 Å². The normalized spacial score (nSPS) is 12.3. The van der Waals surface area contributed by atoms with Crippen LogP contribution in [0.25, 0.3) is 0 Å². The van der Waals surface area contributed by atoms with Crippen LogP contribution >= 0.6 is 11.3 Å². The largest absolute Gasteiger partial charge is 0.416 e. The van der Waals surface area contributed by atoms with Gasteiger partial charge in [-0.2, -0.15) is 13.2 Å². The highest BCUT2D eigenvalue weighted by Crippen LogP contribution is 2.41. The number of pyridine rings is 1. The molecule has 1 atom stereocenters. The van der Waals surface area contributed by atoms with Crippen molar-refractivity contribution < 1.29 is 18.0 Å². The lowest BCUT2D eigenvalue weighted by Crippen LogP contribution is -2.18. The van der Waals surface area contributed by atoms with Crippen LogP contribution in [-0.4, -0.2) is 10.9 Å². The van der Waals surface area contributed by atoms with Gasteiger partial charge in [0.15, 0.2) is 0 Å². The molecule has 4 rings (SSSR count). The molecule has 0 saturated carbocycles. The van der Waals surface area contributed by atoms with Crippen LogP contribution in [0.3, 0.4) is 0 Å². The van der Waals surface area contributed by atoms with Crippen LogP contribution in [0.1, 0.15) is 43.5 Å². The smallest absolute Gasteiger partial charge is 0.374 e. The molecule has 34 heavy (non-hydrogen) atoms. The van der Waals surface area contributed by atoms with Gasteiger partial charge < -0.3 is 10.6 Å². The number of nitrogens with zero attached hydrogens (tertiary/aromatic N) is 1. The van der Waals surface area contributed by atoms with E-state index in [0.29, 0.717) is 16.3 Å². The summed E-state index contributed by atoms with van der Waals surface area (Å²) in [5.74, 6) is -0.257. The number of carbonyl (C=O) groups is 1. The molecule has 2 aromatic carbocycles. The number of thiophene rings is 1. The minimum absolute atomic E-state index is 0.257. The molecule has 0 aliphatic carbocycles. The van der Waals surface area contributed by atoms with Crippen molar-refractivity contribution in [3.05, 3.63) is 112 Å². The predicted octanol–water partition coefficient (Wildman–Crippen LogP) is 7.23. The second-order valence-electron chi connectivity index (χ2n) is 7.79. The third-order valence-electron chi connectivity index (χ3n) is 5.50.